The van der Waals surface area contributed by atoms with Crippen LogP contribution in [-0.2, 0) is 16.1 Å². The van der Waals surface area contributed by atoms with E-state index in [9.17, 15) is 9.59 Å². The first-order valence-electron chi connectivity index (χ1n) is 10.7. The molecule has 0 radical (unpaired) electrons. The van der Waals surface area contributed by atoms with Gasteiger partial charge in [-0.25, -0.2) is 4.79 Å². The molecule has 0 bridgehead atoms. The predicted molar refractivity (Wildman–Crippen MR) is 118 cm³/mol. The van der Waals surface area contributed by atoms with E-state index < -0.39 is 0 Å². The summed E-state index contributed by atoms with van der Waals surface area (Å²) in [6, 6.07) is 16.2. The molecule has 1 heterocycles. The molecule has 2 N–H and O–H groups in total. The molecular formula is C24H29N3O3. The van der Waals surface area contributed by atoms with Gasteiger partial charge in [-0.1, -0.05) is 18.2 Å². The summed E-state index contributed by atoms with van der Waals surface area (Å²) in [6.07, 6.45) is 4.17. The standard InChI is InChI=1S/C24H29N3O3/c1-30-24(29)19-7-5-17(6-8-19)16-25-20-11-13-27(14-12-20)22-4-2-3-21(15-22)26-23(28)18-9-10-18/h2-8,15,18,20,25H,9-14,16H2,1H3,(H,26,28). The Kier molecular flexibility index (Phi) is 6.33. The molecule has 1 saturated carbocycles. The van der Waals surface area contributed by atoms with Crippen molar-refractivity contribution >= 4 is 23.3 Å². The number of hydrogen-bond acceptors (Lipinski definition) is 5. The summed E-state index contributed by atoms with van der Waals surface area (Å²) in [5, 5.41) is 6.67. The van der Waals surface area contributed by atoms with Gasteiger partial charge in [-0.15, -0.1) is 0 Å². The van der Waals surface area contributed by atoms with Crippen molar-refractivity contribution < 1.29 is 14.3 Å². The van der Waals surface area contributed by atoms with Crippen LogP contribution in [0.3, 0.4) is 0 Å². The van der Waals surface area contributed by atoms with Crippen LogP contribution in [-0.4, -0.2) is 38.1 Å². The minimum Gasteiger partial charge on any atom is -0.465 e. The predicted octanol–water partition coefficient (Wildman–Crippen LogP) is 3.58. The van der Waals surface area contributed by atoms with Crippen molar-refractivity contribution in [1.29, 1.82) is 0 Å². The third-order valence-corrected chi connectivity index (χ3v) is 5.89. The summed E-state index contributed by atoms with van der Waals surface area (Å²) in [5.74, 6) is 0.0554. The number of amides is 1. The first kappa shape index (κ1) is 20.4. The molecule has 1 aliphatic carbocycles. The van der Waals surface area contributed by atoms with Gasteiger partial charge in [-0.2, -0.15) is 0 Å². The third kappa shape index (κ3) is 5.19. The first-order chi connectivity index (χ1) is 14.6. The van der Waals surface area contributed by atoms with E-state index in [1.54, 1.807) is 12.1 Å². The zero-order valence-corrected chi connectivity index (χ0v) is 17.4. The Morgan fingerprint density at radius 3 is 2.43 bits per heavy atom. The summed E-state index contributed by atoms with van der Waals surface area (Å²) >= 11 is 0. The van der Waals surface area contributed by atoms with E-state index in [4.69, 9.17) is 4.74 Å². The van der Waals surface area contributed by atoms with E-state index in [1.165, 1.54) is 12.8 Å². The Balaban J connectivity index is 1.25. The molecule has 2 aliphatic rings. The molecule has 4 rings (SSSR count). The number of hydrogen-bond donors (Lipinski definition) is 2. The Bertz CT molecular complexity index is 885. The molecule has 0 aromatic heterocycles. The maximum absolute atomic E-state index is 12.0. The summed E-state index contributed by atoms with van der Waals surface area (Å²) in [5.41, 5.74) is 3.79. The van der Waals surface area contributed by atoms with E-state index in [-0.39, 0.29) is 17.8 Å². The van der Waals surface area contributed by atoms with Gasteiger partial charge in [0.25, 0.3) is 0 Å². The zero-order chi connectivity index (χ0) is 20.9. The number of anilines is 2. The molecule has 0 spiro atoms. The number of carbonyl (C=O) groups is 2. The molecule has 2 fully saturated rings. The molecule has 158 valence electrons. The van der Waals surface area contributed by atoms with Crippen LogP contribution in [0.25, 0.3) is 0 Å². The number of nitrogens with one attached hydrogen (secondary N) is 2. The first-order valence-corrected chi connectivity index (χ1v) is 10.7. The highest BCUT2D eigenvalue weighted by Gasteiger charge is 2.29. The van der Waals surface area contributed by atoms with Crippen LogP contribution in [0.15, 0.2) is 48.5 Å². The van der Waals surface area contributed by atoms with E-state index in [0.29, 0.717) is 11.6 Å². The molecule has 1 saturated heterocycles. The summed E-state index contributed by atoms with van der Waals surface area (Å²) in [4.78, 5) is 25.9. The third-order valence-electron chi connectivity index (χ3n) is 5.89. The Morgan fingerprint density at radius 1 is 1.03 bits per heavy atom. The number of esters is 1. The van der Waals surface area contributed by atoms with Crippen molar-refractivity contribution in [3.8, 4) is 0 Å². The Labute approximate surface area is 177 Å². The van der Waals surface area contributed by atoms with Crippen LogP contribution in [0.5, 0.6) is 0 Å². The van der Waals surface area contributed by atoms with Crippen LogP contribution < -0.4 is 15.5 Å². The normalized spacial score (nSPS) is 16.9. The molecule has 1 aliphatic heterocycles. The van der Waals surface area contributed by atoms with Gasteiger partial charge in [0.2, 0.25) is 5.91 Å². The smallest absolute Gasteiger partial charge is 0.337 e. The lowest BCUT2D eigenvalue weighted by atomic mass is 10.0. The van der Waals surface area contributed by atoms with Crippen LogP contribution in [0.2, 0.25) is 0 Å². The molecule has 6 nitrogen and oxygen atoms in total. The van der Waals surface area contributed by atoms with Gasteiger partial charge >= 0.3 is 5.97 Å². The van der Waals surface area contributed by atoms with Gasteiger partial charge in [0, 0.05) is 43.0 Å². The van der Waals surface area contributed by atoms with Gasteiger partial charge in [0.15, 0.2) is 0 Å². The number of ether oxygens (including phenoxy) is 1. The highest BCUT2D eigenvalue weighted by molar-refractivity contribution is 5.94. The van der Waals surface area contributed by atoms with E-state index in [2.05, 4.69) is 27.7 Å². The van der Waals surface area contributed by atoms with Crippen LogP contribution >= 0.6 is 0 Å². The second kappa shape index (κ2) is 9.30. The lowest BCUT2D eigenvalue weighted by Gasteiger charge is -2.34. The number of carbonyl (C=O) groups excluding carboxylic acids is 2. The Hall–Kier alpha value is -2.86. The van der Waals surface area contributed by atoms with Crippen molar-refractivity contribution in [3.05, 3.63) is 59.7 Å². The molecule has 1 amide bonds. The number of piperidine rings is 1. The van der Waals surface area contributed by atoms with E-state index in [1.807, 2.05) is 24.3 Å². The maximum Gasteiger partial charge on any atom is 0.337 e. The zero-order valence-electron chi connectivity index (χ0n) is 17.4. The van der Waals surface area contributed by atoms with Crippen LogP contribution in [0.4, 0.5) is 11.4 Å². The molecule has 0 unspecified atom stereocenters. The highest BCUT2D eigenvalue weighted by atomic mass is 16.5. The van der Waals surface area contributed by atoms with Crippen molar-refractivity contribution in [2.24, 2.45) is 5.92 Å². The quantitative estimate of drug-likeness (QED) is 0.687. The van der Waals surface area contributed by atoms with Crippen molar-refractivity contribution in [3.63, 3.8) is 0 Å². The van der Waals surface area contributed by atoms with Gasteiger partial charge in [0.1, 0.15) is 0 Å². The van der Waals surface area contributed by atoms with Gasteiger partial charge in [-0.05, 0) is 61.6 Å². The monoisotopic (exact) mass is 407 g/mol. The van der Waals surface area contributed by atoms with E-state index >= 15 is 0 Å². The minimum absolute atomic E-state index is 0.148. The molecule has 6 heteroatoms. The molecule has 30 heavy (non-hydrogen) atoms. The number of rotatable bonds is 7. The lowest BCUT2D eigenvalue weighted by molar-refractivity contribution is -0.117. The lowest BCUT2D eigenvalue weighted by Crippen LogP contribution is -2.42. The maximum atomic E-state index is 12.0. The highest BCUT2D eigenvalue weighted by Crippen LogP contribution is 2.31. The largest absolute Gasteiger partial charge is 0.465 e. The Morgan fingerprint density at radius 2 is 1.77 bits per heavy atom. The SMILES string of the molecule is COC(=O)c1ccc(CNC2CCN(c3cccc(NC(=O)C4CC4)c3)CC2)cc1. The van der Waals surface area contributed by atoms with Gasteiger partial charge < -0.3 is 20.3 Å². The molecular weight excluding hydrogens is 378 g/mol. The summed E-state index contributed by atoms with van der Waals surface area (Å²) in [7, 11) is 1.39. The van der Waals surface area contributed by atoms with Crippen LogP contribution in [0, 0.1) is 5.92 Å². The molecule has 0 atom stereocenters. The van der Waals surface area contributed by atoms with Crippen molar-refractivity contribution in [2.75, 3.05) is 30.4 Å². The second-order valence-corrected chi connectivity index (χ2v) is 8.14. The van der Waals surface area contributed by atoms with Crippen molar-refractivity contribution in [2.45, 2.75) is 38.3 Å². The number of methoxy groups -OCH3 is 1. The average Bonchev–Trinajstić information content (AvgIpc) is 3.64. The fourth-order valence-electron chi connectivity index (χ4n) is 3.85. The van der Waals surface area contributed by atoms with Gasteiger partial charge in [0.05, 0.1) is 12.7 Å². The minimum atomic E-state index is -0.307. The summed E-state index contributed by atoms with van der Waals surface area (Å²) < 4.78 is 4.74. The average molecular weight is 408 g/mol. The van der Waals surface area contributed by atoms with Crippen LogP contribution in [0.1, 0.15) is 41.6 Å². The second-order valence-electron chi connectivity index (χ2n) is 8.14. The van der Waals surface area contributed by atoms with E-state index in [0.717, 1.165) is 56.6 Å². The number of nitrogens with zero attached hydrogens (tertiary/aromatic N) is 1. The summed E-state index contributed by atoms with van der Waals surface area (Å²) in [6.45, 7) is 2.76. The number of benzene rings is 2. The van der Waals surface area contributed by atoms with Crippen molar-refractivity contribution in [1.82, 2.24) is 5.32 Å². The fourth-order valence-corrected chi connectivity index (χ4v) is 3.85. The topological polar surface area (TPSA) is 70.7 Å². The molecule has 2 aromatic carbocycles. The fraction of sp³-hybridized carbons (Fsp3) is 0.417. The van der Waals surface area contributed by atoms with Gasteiger partial charge in [-0.3, -0.25) is 4.79 Å². The molecule has 2 aromatic rings.